The molecule has 110 valence electrons. The number of hydrogen-bond donors (Lipinski definition) is 1. The largest absolute Gasteiger partial charge is 0.464 e. The lowest BCUT2D eigenvalue weighted by atomic mass is 9.91. The molecular formula is C16H18N2O3. The topological polar surface area (TPSA) is 72.3 Å². The van der Waals surface area contributed by atoms with Gasteiger partial charge in [-0.1, -0.05) is 37.2 Å². The van der Waals surface area contributed by atoms with Gasteiger partial charge in [-0.25, -0.2) is 0 Å². The molecule has 0 spiro atoms. The van der Waals surface area contributed by atoms with Crippen LogP contribution in [0.3, 0.4) is 0 Å². The summed E-state index contributed by atoms with van der Waals surface area (Å²) in [6.45, 7) is 5.78. The third kappa shape index (κ3) is 2.45. The van der Waals surface area contributed by atoms with E-state index in [1.165, 1.54) is 0 Å². The van der Waals surface area contributed by atoms with Gasteiger partial charge in [0.05, 0.1) is 17.6 Å². The third-order valence-corrected chi connectivity index (χ3v) is 3.69. The Morgan fingerprint density at radius 1 is 1.14 bits per heavy atom. The minimum Gasteiger partial charge on any atom is -0.464 e. The second kappa shape index (κ2) is 5.33. The van der Waals surface area contributed by atoms with Gasteiger partial charge in [0.2, 0.25) is 11.7 Å². The molecular weight excluding hydrogens is 268 g/mol. The molecule has 2 aromatic heterocycles. The summed E-state index contributed by atoms with van der Waals surface area (Å²) >= 11 is 0. The highest BCUT2D eigenvalue weighted by Gasteiger charge is 2.27. The van der Waals surface area contributed by atoms with E-state index >= 15 is 0 Å². The molecule has 0 saturated heterocycles. The SMILES string of the molecule is CC(C)C(c1nc(-c2coc3ccccc23)no1)C(C)O. The van der Waals surface area contributed by atoms with Crippen LogP contribution in [0.2, 0.25) is 0 Å². The van der Waals surface area contributed by atoms with Crippen LogP contribution in [-0.2, 0) is 0 Å². The molecule has 0 amide bonds. The molecule has 1 aromatic carbocycles. The van der Waals surface area contributed by atoms with Gasteiger partial charge in [0.25, 0.3) is 0 Å². The maximum atomic E-state index is 9.90. The Bertz CT molecular complexity index is 735. The molecule has 21 heavy (non-hydrogen) atoms. The van der Waals surface area contributed by atoms with E-state index in [2.05, 4.69) is 10.1 Å². The average molecular weight is 286 g/mol. The molecule has 5 heteroatoms. The predicted octanol–water partition coefficient (Wildman–Crippen LogP) is 3.60. The Morgan fingerprint density at radius 3 is 2.62 bits per heavy atom. The van der Waals surface area contributed by atoms with Gasteiger partial charge in [-0.2, -0.15) is 4.98 Å². The number of para-hydroxylation sites is 1. The van der Waals surface area contributed by atoms with Gasteiger partial charge in [-0.05, 0) is 18.9 Å². The molecule has 0 aliphatic rings. The zero-order chi connectivity index (χ0) is 15.0. The van der Waals surface area contributed by atoms with E-state index in [1.54, 1.807) is 13.2 Å². The zero-order valence-electron chi connectivity index (χ0n) is 12.3. The van der Waals surface area contributed by atoms with Gasteiger partial charge in [-0.15, -0.1) is 0 Å². The normalized spacial score (nSPS) is 14.7. The highest BCUT2D eigenvalue weighted by Crippen LogP contribution is 2.32. The number of benzene rings is 1. The number of hydrogen-bond acceptors (Lipinski definition) is 5. The van der Waals surface area contributed by atoms with E-state index in [0.717, 1.165) is 16.5 Å². The second-order valence-corrected chi connectivity index (χ2v) is 5.61. The highest BCUT2D eigenvalue weighted by atomic mass is 16.5. The van der Waals surface area contributed by atoms with Crippen molar-refractivity contribution >= 4 is 11.0 Å². The fraction of sp³-hybridized carbons (Fsp3) is 0.375. The Labute approximate surface area is 122 Å². The quantitative estimate of drug-likeness (QED) is 0.793. The number of fused-ring (bicyclic) bond motifs is 1. The minimum absolute atomic E-state index is 0.176. The Morgan fingerprint density at radius 2 is 1.90 bits per heavy atom. The first-order valence-corrected chi connectivity index (χ1v) is 7.06. The molecule has 5 nitrogen and oxygen atoms in total. The molecule has 0 fully saturated rings. The number of aliphatic hydroxyl groups excluding tert-OH is 1. The smallest absolute Gasteiger partial charge is 0.232 e. The van der Waals surface area contributed by atoms with Crippen LogP contribution in [0.1, 0.15) is 32.6 Å². The van der Waals surface area contributed by atoms with Crippen molar-refractivity contribution in [3.63, 3.8) is 0 Å². The van der Waals surface area contributed by atoms with Crippen molar-refractivity contribution in [1.29, 1.82) is 0 Å². The summed E-state index contributed by atoms with van der Waals surface area (Å²) in [5.41, 5.74) is 1.59. The van der Waals surface area contributed by atoms with Crippen molar-refractivity contribution in [1.82, 2.24) is 10.1 Å². The average Bonchev–Trinajstić information content (AvgIpc) is 3.04. The summed E-state index contributed by atoms with van der Waals surface area (Å²) in [6, 6.07) is 7.71. The molecule has 0 saturated carbocycles. The molecule has 3 aromatic rings. The fourth-order valence-electron chi connectivity index (χ4n) is 2.68. The number of rotatable bonds is 4. The summed E-state index contributed by atoms with van der Waals surface area (Å²) in [5, 5.41) is 14.9. The Balaban J connectivity index is 2.02. The summed E-state index contributed by atoms with van der Waals surface area (Å²) in [6.07, 6.45) is 1.09. The Kier molecular flexibility index (Phi) is 3.51. The third-order valence-electron chi connectivity index (χ3n) is 3.69. The van der Waals surface area contributed by atoms with Crippen LogP contribution in [0.15, 0.2) is 39.5 Å². The van der Waals surface area contributed by atoms with Gasteiger partial charge in [-0.3, -0.25) is 0 Å². The van der Waals surface area contributed by atoms with Crippen LogP contribution in [0.25, 0.3) is 22.4 Å². The summed E-state index contributed by atoms with van der Waals surface area (Å²) in [7, 11) is 0. The van der Waals surface area contributed by atoms with Crippen molar-refractivity contribution in [2.75, 3.05) is 0 Å². The van der Waals surface area contributed by atoms with Crippen molar-refractivity contribution in [2.45, 2.75) is 32.8 Å². The number of furan rings is 1. The number of aliphatic hydroxyl groups is 1. The van der Waals surface area contributed by atoms with Gasteiger partial charge >= 0.3 is 0 Å². The van der Waals surface area contributed by atoms with Crippen molar-refractivity contribution in [3.8, 4) is 11.4 Å². The predicted molar refractivity (Wildman–Crippen MR) is 78.8 cm³/mol. The molecule has 2 atom stereocenters. The van der Waals surface area contributed by atoms with Crippen LogP contribution < -0.4 is 0 Å². The van der Waals surface area contributed by atoms with Gasteiger partial charge in [0, 0.05) is 5.39 Å². The monoisotopic (exact) mass is 286 g/mol. The molecule has 0 radical (unpaired) electrons. The summed E-state index contributed by atoms with van der Waals surface area (Å²) in [5.74, 6) is 0.977. The molecule has 3 rings (SSSR count). The van der Waals surface area contributed by atoms with E-state index in [1.807, 2.05) is 38.1 Å². The maximum absolute atomic E-state index is 9.90. The van der Waals surface area contributed by atoms with E-state index in [0.29, 0.717) is 11.7 Å². The maximum Gasteiger partial charge on any atom is 0.232 e. The molecule has 0 aliphatic heterocycles. The molecule has 1 N–H and O–H groups in total. The van der Waals surface area contributed by atoms with Gasteiger partial charge < -0.3 is 14.0 Å². The number of aromatic nitrogens is 2. The standard InChI is InChI=1S/C16H18N2O3/c1-9(2)14(10(3)19)16-17-15(18-21-16)12-8-20-13-7-5-4-6-11(12)13/h4-10,14,19H,1-3H3. The second-order valence-electron chi connectivity index (χ2n) is 5.61. The molecule has 2 heterocycles. The van der Waals surface area contributed by atoms with Crippen LogP contribution in [0.5, 0.6) is 0 Å². The zero-order valence-corrected chi connectivity index (χ0v) is 12.3. The van der Waals surface area contributed by atoms with Gasteiger partial charge in [0.15, 0.2) is 0 Å². The molecule has 0 aliphatic carbocycles. The van der Waals surface area contributed by atoms with Gasteiger partial charge in [0.1, 0.15) is 11.8 Å². The van der Waals surface area contributed by atoms with E-state index < -0.39 is 6.10 Å². The van der Waals surface area contributed by atoms with Crippen molar-refractivity contribution < 1.29 is 14.0 Å². The minimum atomic E-state index is -0.542. The van der Waals surface area contributed by atoms with Crippen LogP contribution >= 0.6 is 0 Å². The van der Waals surface area contributed by atoms with Crippen LogP contribution in [-0.4, -0.2) is 21.4 Å². The summed E-state index contributed by atoms with van der Waals surface area (Å²) in [4.78, 5) is 4.45. The Hall–Kier alpha value is -2.14. The lowest BCUT2D eigenvalue weighted by molar-refractivity contribution is 0.120. The molecule has 2 unspecified atom stereocenters. The van der Waals surface area contributed by atoms with Crippen molar-refractivity contribution in [3.05, 3.63) is 36.4 Å². The number of nitrogens with zero attached hydrogens (tertiary/aromatic N) is 2. The van der Waals surface area contributed by atoms with E-state index in [4.69, 9.17) is 8.94 Å². The van der Waals surface area contributed by atoms with E-state index in [-0.39, 0.29) is 11.8 Å². The van der Waals surface area contributed by atoms with Crippen molar-refractivity contribution in [2.24, 2.45) is 5.92 Å². The lowest BCUT2D eigenvalue weighted by Crippen LogP contribution is -2.20. The summed E-state index contributed by atoms with van der Waals surface area (Å²) < 4.78 is 10.9. The van der Waals surface area contributed by atoms with Crippen LogP contribution in [0, 0.1) is 5.92 Å². The first-order valence-electron chi connectivity index (χ1n) is 7.06. The highest BCUT2D eigenvalue weighted by molar-refractivity contribution is 5.91. The van der Waals surface area contributed by atoms with E-state index in [9.17, 15) is 5.11 Å². The molecule has 0 bridgehead atoms. The lowest BCUT2D eigenvalue weighted by Gasteiger charge is -2.19. The fourth-order valence-corrected chi connectivity index (χ4v) is 2.68. The van der Waals surface area contributed by atoms with Crippen LogP contribution in [0.4, 0.5) is 0 Å². The first kappa shape index (κ1) is 13.8. The first-order chi connectivity index (χ1) is 10.1.